The first-order valence-corrected chi connectivity index (χ1v) is 7.47. The van der Waals surface area contributed by atoms with Crippen LogP contribution in [0.25, 0.3) is 0 Å². The molecule has 4 atom stereocenters. The molecule has 2 bridgehead atoms. The first-order chi connectivity index (χ1) is 8.69. The maximum atomic E-state index is 12.4. The molecule has 2 N–H and O–H groups in total. The number of rotatable bonds is 2. The molecule has 3 aliphatic rings. The van der Waals surface area contributed by atoms with E-state index in [1.165, 1.54) is 0 Å². The predicted molar refractivity (Wildman–Crippen MR) is 75.9 cm³/mol. The van der Waals surface area contributed by atoms with Crippen LogP contribution in [0, 0.1) is 5.92 Å². The average molecular weight is 268 g/mol. The van der Waals surface area contributed by atoms with Gasteiger partial charge in [-0.3, -0.25) is 4.90 Å². The standard InChI is InChI=1S/C15H28N2O2/c1-6-12(16)15-8-10(2)7-11(9-15)17(15)13(18)19-14(3,4)5/h10-12H,6-9,16H2,1-5H3. The fourth-order valence-corrected chi connectivity index (χ4v) is 3.87. The predicted octanol–water partition coefficient (Wildman–Crippen LogP) is 2.90. The first kappa shape index (κ1) is 14.6. The number of amides is 1. The highest BCUT2D eigenvalue weighted by molar-refractivity contribution is 5.71. The number of piperidine rings is 1. The van der Waals surface area contributed by atoms with Gasteiger partial charge in [-0.05, 0) is 52.4 Å². The molecule has 0 radical (unpaired) electrons. The van der Waals surface area contributed by atoms with Crippen LogP contribution in [0.1, 0.15) is 60.3 Å². The van der Waals surface area contributed by atoms with E-state index in [1.54, 1.807) is 0 Å². The molecule has 0 spiro atoms. The topological polar surface area (TPSA) is 55.6 Å². The van der Waals surface area contributed by atoms with Crippen molar-refractivity contribution in [3.8, 4) is 0 Å². The van der Waals surface area contributed by atoms with Crippen molar-refractivity contribution in [2.75, 3.05) is 0 Å². The van der Waals surface area contributed by atoms with E-state index in [1.807, 2.05) is 25.7 Å². The van der Waals surface area contributed by atoms with Gasteiger partial charge in [0.15, 0.2) is 0 Å². The number of ether oxygens (including phenoxy) is 1. The van der Waals surface area contributed by atoms with Crippen LogP contribution in [0.2, 0.25) is 0 Å². The second-order valence-corrected chi connectivity index (χ2v) is 7.37. The van der Waals surface area contributed by atoms with Crippen LogP contribution in [-0.4, -0.2) is 34.2 Å². The minimum atomic E-state index is -0.440. The molecule has 2 aliphatic heterocycles. The van der Waals surface area contributed by atoms with Gasteiger partial charge in [0.25, 0.3) is 0 Å². The quantitative estimate of drug-likeness (QED) is 0.837. The molecule has 1 saturated carbocycles. The molecule has 4 unspecified atom stereocenters. The molecule has 2 saturated heterocycles. The van der Waals surface area contributed by atoms with Crippen molar-refractivity contribution in [1.82, 2.24) is 4.90 Å². The Bertz CT molecular complexity index is 364. The van der Waals surface area contributed by atoms with E-state index >= 15 is 0 Å². The lowest BCUT2D eigenvalue weighted by Crippen LogP contribution is -2.77. The van der Waals surface area contributed by atoms with Gasteiger partial charge in [-0.15, -0.1) is 0 Å². The Labute approximate surface area is 116 Å². The highest BCUT2D eigenvalue weighted by atomic mass is 16.6. The zero-order chi connectivity index (χ0) is 14.4. The van der Waals surface area contributed by atoms with Crippen LogP contribution in [0.3, 0.4) is 0 Å². The van der Waals surface area contributed by atoms with Gasteiger partial charge in [-0.1, -0.05) is 13.8 Å². The maximum absolute atomic E-state index is 12.4. The fourth-order valence-electron chi connectivity index (χ4n) is 3.87. The van der Waals surface area contributed by atoms with Gasteiger partial charge < -0.3 is 10.5 Å². The number of nitrogens with two attached hydrogens (primary N) is 1. The molecule has 110 valence electrons. The molecule has 1 aliphatic carbocycles. The summed E-state index contributed by atoms with van der Waals surface area (Å²) in [4.78, 5) is 14.4. The second-order valence-electron chi connectivity index (χ2n) is 7.37. The third-order valence-electron chi connectivity index (χ3n) is 4.53. The molecular weight excluding hydrogens is 240 g/mol. The van der Waals surface area contributed by atoms with E-state index in [4.69, 9.17) is 10.5 Å². The molecule has 1 amide bonds. The minimum Gasteiger partial charge on any atom is -0.444 e. The van der Waals surface area contributed by atoms with Crippen LogP contribution in [0.4, 0.5) is 4.79 Å². The van der Waals surface area contributed by atoms with Crippen molar-refractivity contribution in [3.63, 3.8) is 0 Å². The number of carbonyl (C=O) groups excluding carboxylic acids is 1. The molecule has 0 aromatic heterocycles. The summed E-state index contributed by atoms with van der Waals surface area (Å²) in [7, 11) is 0. The Balaban J connectivity index is 2.18. The summed E-state index contributed by atoms with van der Waals surface area (Å²) in [6.07, 6.45) is 3.86. The molecule has 3 rings (SSSR count). The first-order valence-electron chi connectivity index (χ1n) is 7.47. The summed E-state index contributed by atoms with van der Waals surface area (Å²) >= 11 is 0. The molecule has 0 aromatic rings. The van der Waals surface area contributed by atoms with E-state index in [2.05, 4.69) is 13.8 Å². The van der Waals surface area contributed by atoms with Crippen LogP contribution in [0.15, 0.2) is 0 Å². The Hall–Kier alpha value is -0.770. The van der Waals surface area contributed by atoms with Crippen molar-refractivity contribution < 1.29 is 9.53 Å². The number of nitrogens with zero attached hydrogens (tertiary/aromatic N) is 1. The van der Waals surface area contributed by atoms with Crippen LogP contribution >= 0.6 is 0 Å². The summed E-state index contributed by atoms with van der Waals surface area (Å²) in [5.74, 6) is 0.648. The number of carbonyl (C=O) groups is 1. The van der Waals surface area contributed by atoms with Gasteiger partial charge in [-0.2, -0.15) is 0 Å². The molecule has 19 heavy (non-hydrogen) atoms. The van der Waals surface area contributed by atoms with E-state index in [0.717, 1.165) is 25.7 Å². The summed E-state index contributed by atoms with van der Waals surface area (Å²) in [5, 5.41) is 0. The number of hydrogen-bond acceptors (Lipinski definition) is 3. The molecule has 4 heteroatoms. The lowest BCUT2D eigenvalue weighted by atomic mass is 9.61. The minimum absolute atomic E-state index is 0.0546. The second kappa shape index (κ2) is 4.65. The molecule has 0 aromatic carbocycles. The third kappa shape index (κ3) is 2.47. The van der Waals surface area contributed by atoms with Crippen molar-refractivity contribution in [2.45, 2.75) is 83.5 Å². The molecular formula is C15H28N2O2. The lowest BCUT2D eigenvalue weighted by Gasteiger charge is -2.65. The zero-order valence-corrected chi connectivity index (χ0v) is 12.9. The smallest absolute Gasteiger partial charge is 0.411 e. The van der Waals surface area contributed by atoms with Crippen LogP contribution < -0.4 is 5.73 Å². The summed E-state index contributed by atoms with van der Waals surface area (Å²) in [6, 6.07) is 0.384. The number of hydrogen-bond donors (Lipinski definition) is 1. The SMILES string of the molecule is CCC(N)C12CC(C)CC(C1)N2C(=O)OC(C)(C)C. The maximum Gasteiger partial charge on any atom is 0.411 e. The summed E-state index contributed by atoms with van der Waals surface area (Å²) in [6.45, 7) is 10.1. The summed E-state index contributed by atoms with van der Waals surface area (Å²) in [5.41, 5.74) is 5.73. The van der Waals surface area contributed by atoms with E-state index in [0.29, 0.717) is 12.0 Å². The van der Waals surface area contributed by atoms with Gasteiger partial charge in [-0.25, -0.2) is 4.79 Å². The normalized spacial score (nSPS) is 35.6. The van der Waals surface area contributed by atoms with Crippen molar-refractivity contribution in [2.24, 2.45) is 11.7 Å². The van der Waals surface area contributed by atoms with E-state index in [-0.39, 0.29) is 17.7 Å². The fraction of sp³-hybridized carbons (Fsp3) is 0.933. The Morgan fingerprint density at radius 2 is 2.11 bits per heavy atom. The molecule has 4 nitrogen and oxygen atoms in total. The van der Waals surface area contributed by atoms with E-state index in [9.17, 15) is 4.79 Å². The lowest BCUT2D eigenvalue weighted by molar-refractivity contribution is -0.134. The van der Waals surface area contributed by atoms with Crippen LogP contribution in [0.5, 0.6) is 0 Å². The van der Waals surface area contributed by atoms with Crippen molar-refractivity contribution in [1.29, 1.82) is 0 Å². The van der Waals surface area contributed by atoms with Gasteiger partial charge in [0.05, 0.1) is 5.54 Å². The number of fused-ring (bicyclic) bond motifs is 2. The Morgan fingerprint density at radius 3 is 2.63 bits per heavy atom. The highest BCUT2D eigenvalue weighted by Crippen LogP contribution is 2.52. The van der Waals surface area contributed by atoms with Gasteiger partial charge >= 0.3 is 6.09 Å². The van der Waals surface area contributed by atoms with Gasteiger partial charge in [0.1, 0.15) is 5.60 Å². The summed E-state index contributed by atoms with van der Waals surface area (Å²) < 4.78 is 5.56. The average Bonchev–Trinajstić information content (AvgIpc) is 2.23. The largest absolute Gasteiger partial charge is 0.444 e. The third-order valence-corrected chi connectivity index (χ3v) is 4.53. The zero-order valence-electron chi connectivity index (χ0n) is 12.9. The molecule has 3 fully saturated rings. The van der Waals surface area contributed by atoms with Gasteiger partial charge in [0, 0.05) is 12.1 Å². The van der Waals surface area contributed by atoms with Crippen molar-refractivity contribution >= 4 is 6.09 Å². The van der Waals surface area contributed by atoms with E-state index < -0.39 is 5.60 Å². The molecule has 2 heterocycles. The highest BCUT2D eigenvalue weighted by Gasteiger charge is 2.61. The van der Waals surface area contributed by atoms with Crippen molar-refractivity contribution in [3.05, 3.63) is 0 Å². The Morgan fingerprint density at radius 1 is 1.47 bits per heavy atom. The Kier molecular flexibility index (Phi) is 3.58. The monoisotopic (exact) mass is 268 g/mol. The van der Waals surface area contributed by atoms with Crippen LogP contribution in [-0.2, 0) is 4.74 Å². The van der Waals surface area contributed by atoms with Gasteiger partial charge in [0.2, 0.25) is 0 Å².